The molecule has 124 valence electrons. The van der Waals surface area contributed by atoms with Crippen LogP contribution in [0, 0.1) is 11.6 Å². The fourth-order valence-electron chi connectivity index (χ4n) is 2.27. The van der Waals surface area contributed by atoms with Crippen molar-refractivity contribution < 1.29 is 13.6 Å². The van der Waals surface area contributed by atoms with Crippen molar-refractivity contribution in [1.82, 2.24) is 4.42 Å². The quantitative estimate of drug-likeness (QED) is 0.827. The van der Waals surface area contributed by atoms with Crippen LogP contribution in [-0.2, 0) is 0 Å². The van der Waals surface area contributed by atoms with Gasteiger partial charge in [-0.3, -0.25) is 9.41 Å². The first-order chi connectivity index (χ1) is 11.5. The van der Waals surface area contributed by atoms with E-state index in [1.165, 1.54) is 4.42 Å². The average Bonchev–Trinajstić information content (AvgIpc) is 2.96. The minimum Gasteiger partial charge on any atom is -0.308 e. The van der Waals surface area contributed by atoms with E-state index >= 15 is 0 Å². The van der Waals surface area contributed by atoms with E-state index in [2.05, 4.69) is 15.6 Å². The highest BCUT2D eigenvalue weighted by molar-refractivity contribution is 6.26. The lowest BCUT2D eigenvalue weighted by Crippen LogP contribution is -2.21. The molecule has 3 rings (SSSR count). The van der Waals surface area contributed by atoms with Gasteiger partial charge in [-0.05, 0) is 24.3 Å². The smallest absolute Gasteiger partial charge is 0.308 e. The first-order valence-electron chi connectivity index (χ1n) is 7.14. The molecule has 0 atom stereocenters. The Labute approximate surface area is 142 Å². The highest BCUT2D eigenvalue weighted by Gasteiger charge is 2.17. The molecule has 24 heavy (non-hydrogen) atoms. The largest absolute Gasteiger partial charge is 0.323 e. The molecular formula is C16H13ClF2N4O. The van der Waals surface area contributed by atoms with Crippen molar-refractivity contribution in [1.29, 1.82) is 0 Å². The summed E-state index contributed by atoms with van der Waals surface area (Å²) in [5.74, 6) is -0.934. The maximum absolute atomic E-state index is 13.5. The van der Waals surface area contributed by atoms with Crippen LogP contribution in [0.15, 0.2) is 47.5 Å². The first-order valence-corrected chi connectivity index (χ1v) is 7.48. The lowest BCUT2D eigenvalue weighted by atomic mass is 10.2. The first kappa shape index (κ1) is 16.2. The van der Waals surface area contributed by atoms with E-state index in [4.69, 9.17) is 11.8 Å². The van der Waals surface area contributed by atoms with Gasteiger partial charge in [-0.1, -0.05) is 12.1 Å². The molecular weight excluding hydrogens is 338 g/mol. The Kier molecular flexibility index (Phi) is 4.61. The molecule has 0 bridgehead atoms. The van der Waals surface area contributed by atoms with Gasteiger partial charge in [0.25, 0.3) is 0 Å². The van der Waals surface area contributed by atoms with Gasteiger partial charge in [0, 0.05) is 29.1 Å². The number of amidine groups is 1. The highest BCUT2D eigenvalue weighted by Crippen LogP contribution is 2.19. The number of rotatable bonds is 3. The number of amides is 2. The minimum absolute atomic E-state index is 0.114. The van der Waals surface area contributed by atoms with Crippen LogP contribution >= 0.6 is 11.8 Å². The Morgan fingerprint density at radius 1 is 1.17 bits per heavy atom. The number of hydrogen-bond acceptors (Lipinski definition) is 3. The van der Waals surface area contributed by atoms with Crippen molar-refractivity contribution in [3.63, 3.8) is 0 Å². The number of nitrogens with one attached hydrogen (secondary N) is 2. The number of hydrogen-bond donors (Lipinski definition) is 2. The molecule has 0 aliphatic carbocycles. The molecule has 0 aromatic heterocycles. The third-order valence-electron chi connectivity index (χ3n) is 3.35. The van der Waals surface area contributed by atoms with Crippen LogP contribution in [0.1, 0.15) is 5.56 Å². The minimum atomic E-state index is -0.850. The normalized spacial score (nSPS) is 13.6. The summed E-state index contributed by atoms with van der Waals surface area (Å²) in [5, 5.41) is 4.91. The van der Waals surface area contributed by atoms with Crippen LogP contribution in [0.5, 0.6) is 0 Å². The summed E-state index contributed by atoms with van der Waals surface area (Å²) in [6.07, 6.45) is 0. The molecule has 2 amide bonds. The van der Waals surface area contributed by atoms with Gasteiger partial charge in [-0.2, -0.15) is 0 Å². The van der Waals surface area contributed by atoms with Crippen molar-refractivity contribution in [3.05, 3.63) is 59.7 Å². The number of benzene rings is 2. The number of anilines is 2. The summed E-state index contributed by atoms with van der Waals surface area (Å²) in [5.41, 5.74) is 1.14. The van der Waals surface area contributed by atoms with E-state index in [9.17, 15) is 13.6 Å². The van der Waals surface area contributed by atoms with Crippen molar-refractivity contribution in [3.8, 4) is 0 Å². The van der Waals surface area contributed by atoms with Crippen molar-refractivity contribution >= 4 is 35.0 Å². The zero-order chi connectivity index (χ0) is 17.1. The van der Waals surface area contributed by atoms with Crippen molar-refractivity contribution in [2.75, 3.05) is 23.7 Å². The molecule has 2 aromatic rings. The van der Waals surface area contributed by atoms with Crippen LogP contribution < -0.4 is 10.6 Å². The Hall–Kier alpha value is -2.67. The molecule has 1 aliphatic rings. The van der Waals surface area contributed by atoms with E-state index < -0.39 is 17.7 Å². The topological polar surface area (TPSA) is 56.7 Å². The molecule has 0 fully saturated rings. The summed E-state index contributed by atoms with van der Waals surface area (Å²) >= 11 is 6.04. The van der Waals surface area contributed by atoms with E-state index in [0.29, 0.717) is 30.7 Å². The fraction of sp³-hybridized carbons (Fsp3) is 0.125. The number of nitrogens with zero attached hydrogens (tertiary/aromatic N) is 2. The van der Waals surface area contributed by atoms with Crippen molar-refractivity contribution in [2.45, 2.75) is 0 Å². The molecule has 2 aromatic carbocycles. The Morgan fingerprint density at radius 2 is 2.00 bits per heavy atom. The molecule has 0 unspecified atom stereocenters. The molecule has 5 nitrogen and oxygen atoms in total. The monoisotopic (exact) mass is 350 g/mol. The van der Waals surface area contributed by atoms with Gasteiger partial charge in [0.1, 0.15) is 17.5 Å². The van der Waals surface area contributed by atoms with Crippen molar-refractivity contribution in [2.24, 2.45) is 4.99 Å². The second kappa shape index (κ2) is 6.84. The molecule has 0 radical (unpaired) electrons. The summed E-state index contributed by atoms with van der Waals surface area (Å²) in [6, 6.07) is 9.22. The number of carbonyl (C=O) groups excluding carboxylic acids is 1. The molecule has 1 heterocycles. The third-order valence-corrected chi connectivity index (χ3v) is 3.67. The summed E-state index contributed by atoms with van der Waals surface area (Å²) < 4.78 is 27.9. The lowest BCUT2D eigenvalue weighted by Gasteiger charge is -2.12. The standard InChI is InChI=1S/C16H13ClF2N4O/c17-23-7-6-20-15(23)10-2-1-3-12(8-10)21-16(24)22-14-5-4-11(18)9-13(14)19/h1-5,8-9H,6-7H2,(H2,21,22,24). The zero-order valence-corrected chi connectivity index (χ0v) is 13.1. The molecule has 1 aliphatic heterocycles. The van der Waals surface area contributed by atoms with Gasteiger partial charge < -0.3 is 10.6 Å². The number of halogens is 3. The second-order valence-corrected chi connectivity index (χ2v) is 5.48. The maximum Gasteiger partial charge on any atom is 0.323 e. The predicted molar refractivity (Wildman–Crippen MR) is 89.4 cm³/mol. The van der Waals surface area contributed by atoms with Gasteiger partial charge in [-0.25, -0.2) is 13.6 Å². The lowest BCUT2D eigenvalue weighted by molar-refractivity contribution is 0.262. The summed E-state index contributed by atoms with van der Waals surface area (Å²) in [7, 11) is 0. The number of urea groups is 1. The SMILES string of the molecule is O=C(Nc1cccc(C2=NCCN2Cl)c1)Nc1ccc(F)cc1F. The Balaban J connectivity index is 1.70. The van der Waals surface area contributed by atoms with Crippen LogP contribution in [-0.4, -0.2) is 29.4 Å². The molecule has 2 N–H and O–H groups in total. The van der Waals surface area contributed by atoms with Crippen LogP contribution in [0.25, 0.3) is 0 Å². The Morgan fingerprint density at radius 3 is 2.71 bits per heavy atom. The maximum atomic E-state index is 13.5. The molecule has 8 heteroatoms. The zero-order valence-electron chi connectivity index (χ0n) is 12.4. The highest BCUT2D eigenvalue weighted by atomic mass is 35.5. The third kappa shape index (κ3) is 3.62. The number of carbonyl (C=O) groups is 1. The van der Waals surface area contributed by atoms with Gasteiger partial charge in [-0.15, -0.1) is 0 Å². The second-order valence-electron chi connectivity index (χ2n) is 5.08. The van der Waals surface area contributed by atoms with Crippen LogP contribution in [0.3, 0.4) is 0 Å². The van der Waals surface area contributed by atoms with E-state index in [-0.39, 0.29) is 5.69 Å². The van der Waals surface area contributed by atoms with Gasteiger partial charge in [0.05, 0.1) is 18.8 Å². The van der Waals surface area contributed by atoms with E-state index in [1.54, 1.807) is 18.2 Å². The van der Waals surface area contributed by atoms with Gasteiger partial charge in [0.2, 0.25) is 0 Å². The van der Waals surface area contributed by atoms with Gasteiger partial charge >= 0.3 is 6.03 Å². The van der Waals surface area contributed by atoms with Gasteiger partial charge in [0.15, 0.2) is 0 Å². The predicted octanol–water partition coefficient (Wildman–Crippen LogP) is 3.82. The summed E-state index contributed by atoms with van der Waals surface area (Å²) in [6.45, 7) is 1.24. The molecule has 0 saturated carbocycles. The van der Waals surface area contributed by atoms with Crippen LogP contribution in [0.4, 0.5) is 25.0 Å². The fourth-order valence-corrected chi connectivity index (χ4v) is 2.50. The van der Waals surface area contributed by atoms with Crippen LogP contribution in [0.2, 0.25) is 0 Å². The Bertz CT molecular complexity index is 812. The van der Waals surface area contributed by atoms with E-state index in [0.717, 1.165) is 17.7 Å². The molecule has 0 spiro atoms. The average molecular weight is 351 g/mol. The van der Waals surface area contributed by atoms with E-state index in [1.807, 2.05) is 6.07 Å². The summed E-state index contributed by atoms with van der Waals surface area (Å²) in [4.78, 5) is 16.3. The molecule has 0 saturated heterocycles. The number of aliphatic imine (C=N–C) groups is 1.